The van der Waals surface area contributed by atoms with Gasteiger partial charge in [-0.1, -0.05) is 18.2 Å². The zero-order valence-electron chi connectivity index (χ0n) is 6.12. The monoisotopic (exact) mass is 153 g/mol. The van der Waals surface area contributed by atoms with Crippen molar-refractivity contribution in [1.29, 1.82) is 0 Å². The summed E-state index contributed by atoms with van der Waals surface area (Å²) < 4.78 is 0. The van der Waals surface area contributed by atoms with Crippen LogP contribution in [0.2, 0.25) is 0 Å². The largest absolute Gasteiger partial charge is 0.398 e. The zero-order chi connectivity index (χ0) is 8.27. The summed E-state index contributed by atoms with van der Waals surface area (Å²) in [5.74, 6) is 0. The average Bonchev–Trinajstić information content (AvgIpc) is 2.05. The fraction of sp³-hybridized carbons (Fsp3) is 0.250. The molecule has 0 radical (unpaired) electrons. The van der Waals surface area contributed by atoms with Gasteiger partial charge in [-0.2, -0.15) is 0 Å². The van der Waals surface area contributed by atoms with Crippen molar-refractivity contribution in [2.24, 2.45) is 0 Å². The number of benzene rings is 1. The van der Waals surface area contributed by atoms with Crippen molar-refractivity contribution in [2.75, 3.05) is 5.73 Å². The fourth-order valence-electron chi connectivity index (χ4n) is 0.942. The van der Waals surface area contributed by atoms with E-state index in [4.69, 9.17) is 15.9 Å². The molecule has 0 aliphatic rings. The first kappa shape index (κ1) is 8.04. The number of aliphatic hydroxyl groups is 2. The Morgan fingerprint density at radius 2 is 1.55 bits per heavy atom. The molecule has 0 aromatic heterocycles. The summed E-state index contributed by atoms with van der Waals surface area (Å²) in [5.41, 5.74) is 7.40. The van der Waals surface area contributed by atoms with E-state index in [1.165, 1.54) is 0 Å². The summed E-state index contributed by atoms with van der Waals surface area (Å²) in [6, 6.07) is 5.22. The highest BCUT2D eigenvalue weighted by Crippen LogP contribution is 2.16. The molecule has 11 heavy (non-hydrogen) atoms. The van der Waals surface area contributed by atoms with E-state index in [0.29, 0.717) is 16.8 Å². The molecule has 0 saturated carbocycles. The molecule has 0 saturated heterocycles. The molecule has 4 N–H and O–H groups in total. The number of anilines is 1. The van der Waals surface area contributed by atoms with Crippen LogP contribution >= 0.6 is 0 Å². The number of rotatable bonds is 2. The van der Waals surface area contributed by atoms with Gasteiger partial charge in [0.25, 0.3) is 0 Å². The lowest BCUT2D eigenvalue weighted by atomic mass is 10.1. The van der Waals surface area contributed by atoms with Gasteiger partial charge in [0.1, 0.15) is 0 Å². The number of para-hydroxylation sites is 1. The molecule has 3 nitrogen and oxygen atoms in total. The lowest BCUT2D eigenvalue weighted by Crippen LogP contribution is -1.99. The van der Waals surface area contributed by atoms with Crippen LogP contribution in [0.3, 0.4) is 0 Å². The highest BCUT2D eigenvalue weighted by molar-refractivity contribution is 5.53. The second kappa shape index (κ2) is 3.37. The van der Waals surface area contributed by atoms with Gasteiger partial charge >= 0.3 is 0 Å². The summed E-state index contributed by atoms with van der Waals surface area (Å²) in [6.07, 6.45) is 0. The Labute approximate surface area is 65.1 Å². The van der Waals surface area contributed by atoms with Gasteiger partial charge in [0, 0.05) is 16.8 Å². The molecule has 0 fully saturated rings. The molecule has 0 aliphatic carbocycles. The Kier molecular flexibility index (Phi) is 2.46. The van der Waals surface area contributed by atoms with Crippen LogP contribution in [0.1, 0.15) is 11.1 Å². The highest BCUT2D eigenvalue weighted by Gasteiger charge is 2.01. The summed E-state index contributed by atoms with van der Waals surface area (Å²) in [5, 5.41) is 17.6. The average molecular weight is 153 g/mol. The van der Waals surface area contributed by atoms with Crippen LogP contribution in [0.4, 0.5) is 5.69 Å². The van der Waals surface area contributed by atoms with E-state index >= 15 is 0 Å². The molecular weight excluding hydrogens is 142 g/mol. The molecule has 3 heteroatoms. The second-order valence-electron chi connectivity index (χ2n) is 2.31. The number of nitrogens with two attached hydrogens (primary N) is 1. The van der Waals surface area contributed by atoms with E-state index < -0.39 is 0 Å². The molecule has 0 amide bonds. The van der Waals surface area contributed by atoms with Crippen LogP contribution < -0.4 is 5.73 Å². The van der Waals surface area contributed by atoms with Gasteiger partial charge in [0.2, 0.25) is 0 Å². The fourth-order valence-corrected chi connectivity index (χ4v) is 0.942. The molecule has 1 aromatic carbocycles. The van der Waals surface area contributed by atoms with E-state index in [1.807, 2.05) is 0 Å². The topological polar surface area (TPSA) is 66.5 Å². The van der Waals surface area contributed by atoms with Gasteiger partial charge in [-0.15, -0.1) is 0 Å². The van der Waals surface area contributed by atoms with E-state index in [1.54, 1.807) is 18.2 Å². The third-order valence-electron chi connectivity index (χ3n) is 1.63. The maximum absolute atomic E-state index is 8.78. The summed E-state index contributed by atoms with van der Waals surface area (Å²) in [6.45, 7) is -0.167. The van der Waals surface area contributed by atoms with Crippen LogP contribution in [-0.4, -0.2) is 10.2 Å². The Morgan fingerprint density at radius 1 is 1.09 bits per heavy atom. The SMILES string of the molecule is Nc1c(CO)cccc1CO. The smallest absolute Gasteiger partial charge is 0.0702 e. The molecule has 0 atom stereocenters. The van der Waals surface area contributed by atoms with Crippen molar-refractivity contribution in [3.63, 3.8) is 0 Å². The normalized spacial score (nSPS) is 10.0. The zero-order valence-corrected chi connectivity index (χ0v) is 6.12. The lowest BCUT2D eigenvalue weighted by molar-refractivity contribution is 0.277. The number of hydrogen-bond acceptors (Lipinski definition) is 3. The minimum Gasteiger partial charge on any atom is -0.398 e. The first-order valence-corrected chi connectivity index (χ1v) is 3.37. The van der Waals surface area contributed by atoms with Crippen molar-refractivity contribution in [2.45, 2.75) is 13.2 Å². The molecule has 0 bridgehead atoms. The molecule has 0 aliphatic heterocycles. The first-order chi connectivity index (χ1) is 5.29. The minimum absolute atomic E-state index is 0.0837. The van der Waals surface area contributed by atoms with Crippen molar-refractivity contribution in [3.05, 3.63) is 29.3 Å². The standard InChI is InChI=1S/C8H11NO2/c9-8-6(4-10)2-1-3-7(8)5-11/h1-3,10-11H,4-5,9H2. The Morgan fingerprint density at radius 3 is 1.91 bits per heavy atom. The van der Waals surface area contributed by atoms with Crippen LogP contribution in [0, 0.1) is 0 Å². The summed E-state index contributed by atoms with van der Waals surface area (Å²) in [7, 11) is 0. The van der Waals surface area contributed by atoms with Crippen LogP contribution in [0.15, 0.2) is 18.2 Å². The third kappa shape index (κ3) is 1.50. The quantitative estimate of drug-likeness (QED) is 0.534. The minimum atomic E-state index is -0.0837. The van der Waals surface area contributed by atoms with Crippen molar-refractivity contribution >= 4 is 5.69 Å². The van der Waals surface area contributed by atoms with Gasteiger partial charge in [-0.05, 0) is 0 Å². The highest BCUT2D eigenvalue weighted by atomic mass is 16.3. The van der Waals surface area contributed by atoms with Crippen molar-refractivity contribution in [1.82, 2.24) is 0 Å². The number of nitrogen functional groups attached to an aromatic ring is 1. The third-order valence-corrected chi connectivity index (χ3v) is 1.63. The van der Waals surface area contributed by atoms with Gasteiger partial charge in [-0.25, -0.2) is 0 Å². The van der Waals surface area contributed by atoms with Gasteiger partial charge in [-0.3, -0.25) is 0 Å². The van der Waals surface area contributed by atoms with Crippen LogP contribution in [0.5, 0.6) is 0 Å². The van der Waals surface area contributed by atoms with E-state index in [0.717, 1.165) is 0 Å². The molecule has 60 valence electrons. The number of aliphatic hydroxyl groups excluding tert-OH is 2. The van der Waals surface area contributed by atoms with Crippen LogP contribution in [0.25, 0.3) is 0 Å². The van der Waals surface area contributed by atoms with Crippen LogP contribution in [-0.2, 0) is 13.2 Å². The van der Waals surface area contributed by atoms with Crippen molar-refractivity contribution < 1.29 is 10.2 Å². The molecule has 0 spiro atoms. The van der Waals surface area contributed by atoms with Gasteiger partial charge in [0.05, 0.1) is 13.2 Å². The van der Waals surface area contributed by atoms with E-state index in [2.05, 4.69) is 0 Å². The van der Waals surface area contributed by atoms with E-state index in [9.17, 15) is 0 Å². The van der Waals surface area contributed by atoms with Crippen molar-refractivity contribution in [3.8, 4) is 0 Å². The molecule has 1 rings (SSSR count). The molecule has 0 unspecified atom stereocenters. The molecular formula is C8H11NO2. The van der Waals surface area contributed by atoms with Gasteiger partial charge < -0.3 is 15.9 Å². The Bertz CT molecular complexity index is 226. The molecule has 0 heterocycles. The maximum Gasteiger partial charge on any atom is 0.0702 e. The summed E-state index contributed by atoms with van der Waals surface area (Å²) in [4.78, 5) is 0. The Balaban J connectivity index is 3.10. The van der Waals surface area contributed by atoms with Gasteiger partial charge in [0.15, 0.2) is 0 Å². The first-order valence-electron chi connectivity index (χ1n) is 3.37. The molecule has 1 aromatic rings. The summed E-state index contributed by atoms with van der Waals surface area (Å²) >= 11 is 0. The predicted molar refractivity (Wildman–Crippen MR) is 42.7 cm³/mol. The number of hydrogen-bond donors (Lipinski definition) is 3. The Hall–Kier alpha value is -1.06. The lowest BCUT2D eigenvalue weighted by Gasteiger charge is -2.05. The second-order valence-corrected chi connectivity index (χ2v) is 2.31. The van der Waals surface area contributed by atoms with E-state index in [-0.39, 0.29) is 13.2 Å². The maximum atomic E-state index is 8.78. The predicted octanol–water partition coefficient (Wildman–Crippen LogP) is 0.253.